The van der Waals surface area contributed by atoms with Crippen molar-refractivity contribution in [3.63, 3.8) is 0 Å². The van der Waals surface area contributed by atoms with E-state index in [4.69, 9.17) is 4.55 Å². The number of nitrogens with one attached hydrogen (secondary N) is 1. The van der Waals surface area contributed by atoms with Crippen molar-refractivity contribution < 1.29 is 28.0 Å². The normalized spacial score (nSPS) is 45.1. The molecule has 0 heterocycles. The lowest BCUT2D eigenvalue weighted by Crippen LogP contribution is -2.58. The Labute approximate surface area is 211 Å². The molecule has 0 aromatic carbocycles. The third-order valence-electron chi connectivity index (χ3n) is 11.3. The van der Waals surface area contributed by atoms with Crippen LogP contribution in [0.15, 0.2) is 0 Å². The Balaban J connectivity index is 1.38. The molecule has 7 nitrogen and oxygen atoms in total. The minimum Gasteiger partial charge on any atom is -0.393 e. The molecule has 0 aliphatic heterocycles. The van der Waals surface area contributed by atoms with Crippen LogP contribution in [0.1, 0.15) is 91.9 Å². The monoisotopic (exact) mass is 513 g/mol. The number of aliphatic hydroxyl groups is 2. The van der Waals surface area contributed by atoms with Crippen LogP contribution in [0.5, 0.6) is 0 Å². The van der Waals surface area contributed by atoms with E-state index in [2.05, 4.69) is 26.1 Å². The van der Waals surface area contributed by atoms with Gasteiger partial charge in [0, 0.05) is 13.0 Å². The Hall–Kier alpha value is -0.700. The molecule has 0 spiro atoms. The van der Waals surface area contributed by atoms with E-state index in [9.17, 15) is 23.4 Å². The molecule has 4 aliphatic rings. The Morgan fingerprint density at radius 3 is 2.34 bits per heavy atom. The maximum absolute atomic E-state index is 12.3. The maximum atomic E-state index is 12.3. The molecule has 0 bridgehead atoms. The van der Waals surface area contributed by atoms with Gasteiger partial charge in [0.1, 0.15) is 5.25 Å². The zero-order valence-corrected chi connectivity index (χ0v) is 22.8. The van der Waals surface area contributed by atoms with Crippen molar-refractivity contribution in [1.82, 2.24) is 5.32 Å². The maximum Gasteiger partial charge on any atom is 0.269 e. The summed E-state index contributed by atoms with van der Waals surface area (Å²) in [4.78, 5) is 12.3. The van der Waals surface area contributed by atoms with Gasteiger partial charge in [-0.2, -0.15) is 8.42 Å². The summed E-state index contributed by atoms with van der Waals surface area (Å²) in [6.45, 7) is 8.42. The number of aliphatic hydroxyl groups excluding tert-OH is 2. The highest BCUT2D eigenvalue weighted by Gasteiger charge is 2.62. The molecule has 1 amide bonds. The van der Waals surface area contributed by atoms with E-state index in [1.807, 2.05) is 0 Å². The van der Waals surface area contributed by atoms with Gasteiger partial charge in [-0.1, -0.05) is 20.8 Å². The molecule has 11 atom stereocenters. The third-order valence-corrected chi connectivity index (χ3v) is 12.5. The summed E-state index contributed by atoms with van der Waals surface area (Å²) in [5.41, 5.74) is 0.403. The molecule has 35 heavy (non-hydrogen) atoms. The molecule has 0 saturated heterocycles. The van der Waals surface area contributed by atoms with E-state index in [1.54, 1.807) is 0 Å². The highest BCUT2D eigenvalue weighted by atomic mass is 32.2. The number of amides is 1. The molecule has 4 rings (SSSR count). The van der Waals surface area contributed by atoms with Crippen LogP contribution in [0.25, 0.3) is 0 Å². The fourth-order valence-corrected chi connectivity index (χ4v) is 9.48. The lowest BCUT2D eigenvalue weighted by atomic mass is 9.43. The molecule has 4 fully saturated rings. The fourth-order valence-electron chi connectivity index (χ4n) is 9.19. The van der Waals surface area contributed by atoms with Crippen LogP contribution in [0.2, 0.25) is 0 Å². The minimum absolute atomic E-state index is 0.0764. The average Bonchev–Trinajstić information content (AvgIpc) is 3.13. The molecule has 2 unspecified atom stereocenters. The van der Waals surface area contributed by atoms with E-state index in [0.717, 1.165) is 51.4 Å². The Morgan fingerprint density at radius 2 is 1.66 bits per heavy atom. The second kappa shape index (κ2) is 9.88. The molecule has 8 heteroatoms. The summed E-state index contributed by atoms with van der Waals surface area (Å²) < 4.78 is 31.4. The Morgan fingerprint density at radius 1 is 1.00 bits per heavy atom. The number of hydrogen-bond donors (Lipinski definition) is 4. The summed E-state index contributed by atoms with van der Waals surface area (Å²) in [6.07, 6.45) is 8.84. The minimum atomic E-state index is -4.14. The molecule has 0 radical (unpaired) electrons. The van der Waals surface area contributed by atoms with E-state index in [1.165, 1.54) is 13.3 Å². The van der Waals surface area contributed by atoms with E-state index in [-0.39, 0.29) is 35.5 Å². The zero-order chi connectivity index (χ0) is 25.8. The number of fused-ring (bicyclic) bond motifs is 5. The average molecular weight is 514 g/mol. The van der Waals surface area contributed by atoms with Crippen LogP contribution in [0.4, 0.5) is 0 Å². The molecule has 0 aromatic rings. The van der Waals surface area contributed by atoms with Crippen molar-refractivity contribution in [2.45, 2.75) is 109 Å². The molecule has 4 N–H and O–H groups in total. The third kappa shape index (κ3) is 5.06. The van der Waals surface area contributed by atoms with Crippen molar-refractivity contribution in [1.29, 1.82) is 0 Å². The second-order valence-electron chi connectivity index (χ2n) is 13.1. The Kier molecular flexibility index (Phi) is 7.72. The van der Waals surface area contributed by atoms with Gasteiger partial charge in [-0.05, 0) is 111 Å². The van der Waals surface area contributed by atoms with Gasteiger partial charge in [0.25, 0.3) is 10.1 Å². The van der Waals surface area contributed by atoms with Gasteiger partial charge < -0.3 is 15.5 Å². The van der Waals surface area contributed by atoms with Crippen molar-refractivity contribution in [3.05, 3.63) is 0 Å². The van der Waals surface area contributed by atoms with Crippen LogP contribution in [0, 0.1) is 46.3 Å². The lowest BCUT2D eigenvalue weighted by Gasteiger charge is -2.62. The second-order valence-corrected chi connectivity index (χ2v) is 14.9. The first-order chi connectivity index (χ1) is 16.3. The number of carbonyl (C=O) groups excluding carboxylic acids is 1. The topological polar surface area (TPSA) is 124 Å². The fraction of sp³-hybridized carbons (Fsp3) is 0.963. The predicted octanol–water partition coefficient (Wildman–Crippen LogP) is 3.79. The van der Waals surface area contributed by atoms with Gasteiger partial charge in [0.15, 0.2) is 0 Å². The summed E-state index contributed by atoms with van der Waals surface area (Å²) >= 11 is 0. The van der Waals surface area contributed by atoms with Crippen molar-refractivity contribution in [2.24, 2.45) is 46.3 Å². The summed E-state index contributed by atoms with van der Waals surface area (Å²) in [6, 6.07) is 0. The van der Waals surface area contributed by atoms with Crippen LogP contribution in [-0.2, 0) is 14.9 Å². The van der Waals surface area contributed by atoms with Gasteiger partial charge in [0.05, 0.1) is 12.2 Å². The summed E-state index contributed by atoms with van der Waals surface area (Å²) in [5, 5.41) is 23.3. The molecule has 0 aromatic heterocycles. The number of carbonyl (C=O) groups is 1. The first kappa shape index (κ1) is 27.3. The van der Waals surface area contributed by atoms with Gasteiger partial charge in [-0.25, -0.2) is 0 Å². The molecular formula is C27H47NO6S. The highest BCUT2D eigenvalue weighted by molar-refractivity contribution is 7.86. The van der Waals surface area contributed by atoms with Crippen molar-refractivity contribution >= 4 is 16.0 Å². The van der Waals surface area contributed by atoms with E-state index in [0.29, 0.717) is 41.9 Å². The SMILES string of the molecule is CC(CNC(=O)CC[C@@H](C)[C@H]1CC[C@H]2[C@@H]3[C@@H](O)CC4C[C@H](O)CC[C@]4(C)[C@H]3CC[C@]12C)S(=O)(=O)O. The number of hydrogen-bond acceptors (Lipinski definition) is 5. The standard InChI is InChI=1S/C27H47NO6S/c1-16(5-8-24(31)28-15-17(2)35(32,33)34)20-6-7-21-25-22(10-12-27(20,21)4)26(3)11-9-19(29)13-18(26)14-23(25)30/h16-23,25,29-30H,5-15H2,1-4H3,(H,28,31)(H,32,33,34)/t16-,17?,18?,19-,20-,21+,22+,23+,25+,26+,27-/m1/s1. The van der Waals surface area contributed by atoms with Crippen molar-refractivity contribution in [3.8, 4) is 0 Å². The van der Waals surface area contributed by atoms with Crippen LogP contribution in [-0.4, -0.2) is 53.1 Å². The highest BCUT2D eigenvalue weighted by Crippen LogP contribution is 2.68. The Bertz CT molecular complexity index is 894. The smallest absolute Gasteiger partial charge is 0.269 e. The number of rotatable bonds is 7. The molecule has 4 saturated carbocycles. The first-order valence-electron chi connectivity index (χ1n) is 13.9. The van der Waals surface area contributed by atoms with Crippen LogP contribution in [0.3, 0.4) is 0 Å². The summed E-state index contributed by atoms with van der Waals surface area (Å²) in [5.74, 6) is 2.53. The van der Waals surface area contributed by atoms with Gasteiger partial charge in [-0.15, -0.1) is 0 Å². The first-order valence-corrected chi connectivity index (χ1v) is 15.4. The van der Waals surface area contributed by atoms with Crippen LogP contribution < -0.4 is 5.32 Å². The zero-order valence-electron chi connectivity index (χ0n) is 21.9. The van der Waals surface area contributed by atoms with E-state index < -0.39 is 15.4 Å². The molecule has 202 valence electrons. The van der Waals surface area contributed by atoms with Gasteiger partial charge in [-0.3, -0.25) is 9.35 Å². The lowest BCUT2D eigenvalue weighted by molar-refractivity contribution is -0.174. The molecular weight excluding hydrogens is 466 g/mol. The van der Waals surface area contributed by atoms with Gasteiger partial charge >= 0.3 is 0 Å². The van der Waals surface area contributed by atoms with Crippen molar-refractivity contribution in [2.75, 3.05) is 6.54 Å². The van der Waals surface area contributed by atoms with Gasteiger partial charge in [0.2, 0.25) is 5.91 Å². The van der Waals surface area contributed by atoms with E-state index >= 15 is 0 Å². The largest absolute Gasteiger partial charge is 0.393 e. The van der Waals surface area contributed by atoms with Crippen LogP contribution >= 0.6 is 0 Å². The quantitative estimate of drug-likeness (QED) is 0.384. The predicted molar refractivity (Wildman–Crippen MR) is 135 cm³/mol. The summed E-state index contributed by atoms with van der Waals surface area (Å²) in [7, 11) is -4.14. The molecule has 4 aliphatic carbocycles.